The van der Waals surface area contributed by atoms with Gasteiger partial charge in [-0.15, -0.1) is 0 Å². The molecule has 0 amide bonds. The van der Waals surface area contributed by atoms with Gasteiger partial charge in [0.15, 0.2) is 11.5 Å². The van der Waals surface area contributed by atoms with Crippen LogP contribution in [-0.4, -0.2) is 24.4 Å². The largest absolute Gasteiger partial charge is 0.493 e. The van der Waals surface area contributed by atoms with Gasteiger partial charge in [-0.2, -0.15) is 0 Å². The van der Waals surface area contributed by atoms with E-state index in [1.165, 1.54) is 5.56 Å². The standard InChI is InChI=1S/C26H27NO4/c1-26(2,3)21-10-12-22(13-11-21)27-16-19-7-14-23(24(15-19)30-4)31-17-18-5-8-20(9-6-18)25(28)29/h5-16H,17H2,1-4H3,(H,28,29). The first-order valence-electron chi connectivity index (χ1n) is 10.0. The minimum atomic E-state index is -0.948. The second-order valence-corrected chi connectivity index (χ2v) is 8.26. The van der Waals surface area contributed by atoms with Crippen LogP contribution in [0, 0.1) is 0 Å². The fourth-order valence-corrected chi connectivity index (χ4v) is 2.98. The number of aromatic carboxylic acids is 1. The van der Waals surface area contributed by atoms with Crippen molar-refractivity contribution in [1.82, 2.24) is 0 Å². The predicted molar refractivity (Wildman–Crippen MR) is 123 cm³/mol. The van der Waals surface area contributed by atoms with Crippen LogP contribution in [0.1, 0.15) is 47.8 Å². The third-order valence-corrected chi connectivity index (χ3v) is 4.88. The van der Waals surface area contributed by atoms with Gasteiger partial charge in [0.25, 0.3) is 0 Å². The Labute approximate surface area is 183 Å². The van der Waals surface area contributed by atoms with Crippen molar-refractivity contribution in [3.05, 3.63) is 89.0 Å². The normalized spacial score (nSPS) is 11.5. The number of carboxylic acid groups (broad SMARTS) is 1. The van der Waals surface area contributed by atoms with Crippen molar-refractivity contribution >= 4 is 17.9 Å². The average Bonchev–Trinajstić information content (AvgIpc) is 2.76. The Morgan fingerprint density at radius 3 is 2.23 bits per heavy atom. The SMILES string of the molecule is COc1cc(C=Nc2ccc(C(C)(C)C)cc2)ccc1OCc1ccc(C(=O)O)cc1. The zero-order chi connectivity index (χ0) is 22.4. The Morgan fingerprint density at radius 2 is 1.65 bits per heavy atom. The monoisotopic (exact) mass is 417 g/mol. The number of hydrogen-bond acceptors (Lipinski definition) is 4. The molecule has 0 aliphatic carbocycles. The first-order valence-corrected chi connectivity index (χ1v) is 10.0. The molecule has 0 bridgehead atoms. The molecule has 3 aromatic carbocycles. The van der Waals surface area contributed by atoms with Gasteiger partial charge in [0, 0.05) is 6.21 Å². The summed E-state index contributed by atoms with van der Waals surface area (Å²) in [5.41, 5.74) is 4.29. The van der Waals surface area contributed by atoms with Gasteiger partial charge in [-0.3, -0.25) is 4.99 Å². The van der Waals surface area contributed by atoms with Gasteiger partial charge in [0.1, 0.15) is 6.61 Å². The zero-order valence-corrected chi connectivity index (χ0v) is 18.3. The van der Waals surface area contributed by atoms with Crippen LogP contribution in [0.25, 0.3) is 0 Å². The fraction of sp³-hybridized carbons (Fsp3) is 0.231. The molecule has 0 saturated carbocycles. The molecule has 0 aliphatic heterocycles. The van der Waals surface area contributed by atoms with Crippen LogP contribution >= 0.6 is 0 Å². The fourth-order valence-electron chi connectivity index (χ4n) is 2.98. The minimum absolute atomic E-state index is 0.115. The topological polar surface area (TPSA) is 68.1 Å². The molecule has 0 fully saturated rings. The van der Waals surface area contributed by atoms with Crippen molar-refractivity contribution in [2.24, 2.45) is 4.99 Å². The lowest BCUT2D eigenvalue weighted by atomic mass is 9.87. The van der Waals surface area contributed by atoms with Gasteiger partial charge in [0.2, 0.25) is 0 Å². The molecular weight excluding hydrogens is 390 g/mol. The first-order chi connectivity index (χ1) is 14.8. The van der Waals surface area contributed by atoms with E-state index in [1.54, 1.807) is 37.6 Å². The van der Waals surface area contributed by atoms with Crippen molar-refractivity contribution in [2.75, 3.05) is 7.11 Å². The number of nitrogens with zero attached hydrogens (tertiary/aromatic N) is 1. The van der Waals surface area contributed by atoms with Crippen molar-refractivity contribution in [2.45, 2.75) is 32.8 Å². The first kappa shape index (κ1) is 22.1. The molecular formula is C26H27NO4. The van der Waals surface area contributed by atoms with Gasteiger partial charge in [0.05, 0.1) is 18.4 Å². The molecule has 0 heterocycles. The molecule has 0 unspecified atom stereocenters. The van der Waals surface area contributed by atoms with Crippen LogP contribution in [-0.2, 0) is 12.0 Å². The summed E-state index contributed by atoms with van der Waals surface area (Å²) in [6, 6.07) is 20.5. The predicted octanol–water partition coefficient (Wildman–Crippen LogP) is 6.02. The number of rotatable bonds is 7. The third-order valence-electron chi connectivity index (χ3n) is 4.88. The minimum Gasteiger partial charge on any atom is -0.493 e. The van der Waals surface area contributed by atoms with E-state index >= 15 is 0 Å². The molecule has 0 atom stereocenters. The Kier molecular flexibility index (Phi) is 6.75. The van der Waals surface area contributed by atoms with Gasteiger partial charge in [-0.25, -0.2) is 4.79 Å². The molecule has 0 aromatic heterocycles. The number of ether oxygens (including phenoxy) is 2. The Hall–Kier alpha value is -3.60. The summed E-state index contributed by atoms with van der Waals surface area (Å²) in [5, 5.41) is 8.98. The quantitative estimate of drug-likeness (QED) is 0.477. The van der Waals surface area contributed by atoms with Crippen LogP contribution < -0.4 is 9.47 Å². The second-order valence-electron chi connectivity index (χ2n) is 8.26. The number of hydrogen-bond donors (Lipinski definition) is 1. The van der Waals surface area contributed by atoms with Crippen molar-refractivity contribution < 1.29 is 19.4 Å². The van der Waals surface area contributed by atoms with Crippen LogP contribution in [0.2, 0.25) is 0 Å². The highest BCUT2D eigenvalue weighted by Gasteiger charge is 2.12. The molecule has 160 valence electrons. The van der Waals surface area contributed by atoms with Gasteiger partial charge < -0.3 is 14.6 Å². The molecule has 0 saturated heterocycles. The van der Waals surface area contributed by atoms with Crippen molar-refractivity contribution in [3.63, 3.8) is 0 Å². The number of carbonyl (C=O) groups is 1. The smallest absolute Gasteiger partial charge is 0.335 e. The van der Waals surface area contributed by atoms with Gasteiger partial charge in [-0.05, 0) is 64.6 Å². The highest BCUT2D eigenvalue weighted by molar-refractivity contribution is 5.87. The Balaban J connectivity index is 1.67. The molecule has 0 radical (unpaired) electrons. The van der Waals surface area contributed by atoms with E-state index in [9.17, 15) is 4.79 Å². The van der Waals surface area contributed by atoms with Crippen LogP contribution in [0.15, 0.2) is 71.7 Å². The van der Waals surface area contributed by atoms with Crippen molar-refractivity contribution in [3.8, 4) is 11.5 Å². The van der Waals surface area contributed by atoms with Crippen LogP contribution in [0.3, 0.4) is 0 Å². The summed E-state index contributed by atoms with van der Waals surface area (Å²) >= 11 is 0. The maximum Gasteiger partial charge on any atom is 0.335 e. The summed E-state index contributed by atoms with van der Waals surface area (Å²) in [7, 11) is 1.59. The highest BCUT2D eigenvalue weighted by Crippen LogP contribution is 2.29. The van der Waals surface area contributed by atoms with Crippen molar-refractivity contribution in [1.29, 1.82) is 0 Å². The van der Waals surface area contributed by atoms with Crippen LogP contribution in [0.5, 0.6) is 11.5 Å². The molecule has 5 nitrogen and oxygen atoms in total. The maximum atomic E-state index is 10.9. The van der Waals surface area contributed by atoms with E-state index in [0.29, 0.717) is 18.1 Å². The number of aliphatic imine (C=N–C) groups is 1. The lowest BCUT2D eigenvalue weighted by Crippen LogP contribution is -2.10. The number of carboxylic acids is 1. The van der Waals surface area contributed by atoms with Crippen LogP contribution in [0.4, 0.5) is 5.69 Å². The van der Waals surface area contributed by atoms with E-state index in [4.69, 9.17) is 14.6 Å². The summed E-state index contributed by atoms with van der Waals surface area (Å²) in [6.45, 7) is 6.87. The third kappa shape index (κ3) is 5.95. The van der Waals surface area contributed by atoms with Gasteiger partial charge in [-0.1, -0.05) is 45.0 Å². The molecule has 0 aliphatic rings. The lowest BCUT2D eigenvalue weighted by molar-refractivity contribution is 0.0697. The maximum absolute atomic E-state index is 10.9. The average molecular weight is 418 g/mol. The number of benzene rings is 3. The molecule has 3 aromatic rings. The summed E-state index contributed by atoms with van der Waals surface area (Å²) in [5.74, 6) is 0.266. The molecule has 0 spiro atoms. The Bertz CT molecular complexity index is 1060. The molecule has 31 heavy (non-hydrogen) atoms. The Morgan fingerprint density at radius 1 is 0.968 bits per heavy atom. The molecule has 5 heteroatoms. The second kappa shape index (κ2) is 9.47. The van der Waals surface area contributed by atoms with E-state index in [1.807, 2.05) is 30.3 Å². The number of methoxy groups -OCH3 is 1. The highest BCUT2D eigenvalue weighted by atomic mass is 16.5. The summed E-state index contributed by atoms with van der Waals surface area (Å²) < 4.78 is 11.3. The van der Waals surface area contributed by atoms with E-state index in [0.717, 1.165) is 16.8 Å². The van der Waals surface area contributed by atoms with E-state index in [2.05, 4.69) is 37.9 Å². The van der Waals surface area contributed by atoms with E-state index < -0.39 is 5.97 Å². The van der Waals surface area contributed by atoms with Gasteiger partial charge >= 0.3 is 5.97 Å². The summed E-state index contributed by atoms with van der Waals surface area (Å²) in [4.78, 5) is 15.5. The van der Waals surface area contributed by atoms with E-state index in [-0.39, 0.29) is 11.0 Å². The molecule has 3 rings (SSSR count). The zero-order valence-electron chi connectivity index (χ0n) is 18.3. The summed E-state index contributed by atoms with van der Waals surface area (Å²) in [6.07, 6.45) is 1.79. The molecule has 1 N–H and O–H groups in total. The lowest BCUT2D eigenvalue weighted by Gasteiger charge is -2.18.